The van der Waals surface area contributed by atoms with E-state index in [0.717, 1.165) is 25.4 Å². The average molecular weight is 472 g/mol. The van der Waals surface area contributed by atoms with Crippen LogP contribution in [0.2, 0.25) is 0 Å². The first kappa shape index (κ1) is 23.7. The summed E-state index contributed by atoms with van der Waals surface area (Å²) in [7, 11) is 3.44. The van der Waals surface area contributed by atoms with Crippen molar-refractivity contribution in [2.24, 2.45) is 0 Å². The summed E-state index contributed by atoms with van der Waals surface area (Å²) in [5.41, 5.74) is 1.01. The number of ketones is 1. The SMILES string of the molecule is COC[N+]12CN(Cc3ccc(OC)c(CN4CCCCC4)c3)CC(=O)N3CC1(C)C(=O)C3(C)C2. The van der Waals surface area contributed by atoms with E-state index < -0.39 is 11.1 Å². The molecule has 5 heterocycles. The quantitative estimate of drug-likeness (QED) is 0.566. The van der Waals surface area contributed by atoms with E-state index in [-0.39, 0.29) is 11.7 Å². The van der Waals surface area contributed by atoms with E-state index in [1.165, 1.54) is 30.4 Å². The first-order chi connectivity index (χ1) is 16.2. The van der Waals surface area contributed by atoms with E-state index in [4.69, 9.17) is 9.47 Å². The van der Waals surface area contributed by atoms with Crippen molar-refractivity contribution < 1.29 is 23.5 Å². The highest BCUT2D eigenvalue weighted by Gasteiger charge is 2.77. The number of Topliss-reactive ketones (excluding diaryl/α,β-unsaturated/α-hetero) is 1. The number of carbonyl (C=O) groups excluding carboxylic acids is 2. The van der Waals surface area contributed by atoms with Crippen LogP contribution in [0, 0.1) is 0 Å². The number of quaternary nitrogens is 1. The van der Waals surface area contributed by atoms with E-state index in [1.807, 2.05) is 18.7 Å². The number of ether oxygens (including phenoxy) is 2. The van der Waals surface area contributed by atoms with Crippen LogP contribution in [0.5, 0.6) is 5.75 Å². The molecule has 0 N–H and O–H groups in total. The summed E-state index contributed by atoms with van der Waals surface area (Å²) < 4.78 is 11.9. The van der Waals surface area contributed by atoms with E-state index in [9.17, 15) is 9.59 Å². The van der Waals surface area contributed by atoms with Crippen LogP contribution in [0.3, 0.4) is 0 Å². The molecular formula is C26H39N4O4+. The number of amides is 1. The summed E-state index contributed by atoms with van der Waals surface area (Å²) in [5.74, 6) is 1.15. The second kappa shape index (κ2) is 8.59. The fraction of sp³-hybridized carbons (Fsp3) is 0.692. The second-order valence-electron chi connectivity index (χ2n) is 11.2. The van der Waals surface area contributed by atoms with Crippen LogP contribution in [0.25, 0.3) is 0 Å². The summed E-state index contributed by atoms with van der Waals surface area (Å²) in [5, 5.41) is 0. The van der Waals surface area contributed by atoms with Crippen LogP contribution in [-0.2, 0) is 27.4 Å². The monoisotopic (exact) mass is 471 g/mol. The molecule has 1 aromatic carbocycles. The zero-order valence-electron chi connectivity index (χ0n) is 21.1. The number of carbonyl (C=O) groups is 2. The van der Waals surface area contributed by atoms with Crippen molar-refractivity contribution in [3.63, 3.8) is 0 Å². The molecule has 186 valence electrons. The molecule has 0 aliphatic carbocycles. The lowest BCUT2D eigenvalue weighted by atomic mass is 9.94. The number of fused-ring (bicyclic) bond motifs is 3. The fourth-order valence-corrected chi connectivity index (χ4v) is 7.07. The molecule has 3 atom stereocenters. The number of nitrogens with zero attached hydrogens (tertiary/aromatic N) is 4. The minimum Gasteiger partial charge on any atom is -0.496 e. The normalized spacial score (nSPS) is 34.1. The summed E-state index contributed by atoms with van der Waals surface area (Å²) in [4.78, 5) is 33.3. The Morgan fingerprint density at radius 1 is 1.03 bits per heavy atom. The molecule has 1 aromatic rings. The lowest BCUT2D eigenvalue weighted by Gasteiger charge is -2.53. The molecule has 4 bridgehead atoms. The maximum Gasteiger partial charge on any atom is 0.238 e. The first-order valence-electron chi connectivity index (χ1n) is 12.6. The summed E-state index contributed by atoms with van der Waals surface area (Å²) >= 11 is 0. The van der Waals surface area contributed by atoms with Gasteiger partial charge < -0.3 is 14.4 Å². The number of likely N-dealkylation sites (tertiary alicyclic amines) is 1. The fourth-order valence-electron chi connectivity index (χ4n) is 7.07. The maximum absolute atomic E-state index is 13.5. The minimum atomic E-state index is -0.724. The third kappa shape index (κ3) is 3.58. The van der Waals surface area contributed by atoms with Gasteiger partial charge in [0.15, 0.2) is 17.8 Å². The highest BCUT2D eigenvalue weighted by atomic mass is 16.5. The molecular weight excluding hydrogens is 432 g/mol. The minimum absolute atomic E-state index is 0.0524. The molecule has 0 radical (unpaired) electrons. The van der Waals surface area contributed by atoms with Crippen molar-refractivity contribution in [2.45, 2.75) is 57.3 Å². The molecule has 5 aliphatic rings. The third-order valence-corrected chi connectivity index (χ3v) is 8.80. The number of methoxy groups -OCH3 is 2. The smallest absolute Gasteiger partial charge is 0.238 e. The van der Waals surface area contributed by atoms with E-state index in [1.54, 1.807) is 14.2 Å². The molecule has 3 unspecified atom stereocenters. The molecule has 5 fully saturated rings. The molecule has 0 spiro atoms. The van der Waals surface area contributed by atoms with Gasteiger partial charge in [0, 0.05) is 32.7 Å². The molecule has 5 saturated heterocycles. The van der Waals surface area contributed by atoms with E-state index in [2.05, 4.69) is 28.0 Å². The van der Waals surface area contributed by atoms with Gasteiger partial charge in [-0.3, -0.25) is 19.0 Å². The predicted molar refractivity (Wildman–Crippen MR) is 128 cm³/mol. The highest BCUT2D eigenvalue weighted by molar-refractivity contribution is 6.03. The largest absolute Gasteiger partial charge is 0.496 e. The van der Waals surface area contributed by atoms with Crippen LogP contribution < -0.4 is 4.74 Å². The van der Waals surface area contributed by atoms with Crippen LogP contribution in [-0.4, -0.2) is 102 Å². The van der Waals surface area contributed by atoms with Gasteiger partial charge in [0.25, 0.3) is 0 Å². The number of hydrogen-bond donors (Lipinski definition) is 0. The zero-order chi connectivity index (χ0) is 24.1. The average Bonchev–Trinajstić information content (AvgIpc) is 3.10. The zero-order valence-corrected chi connectivity index (χ0v) is 21.1. The Labute approximate surface area is 203 Å². The van der Waals surface area contributed by atoms with Crippen molar-refractivity contribution in [2.75, 3.05) is 60.3 Å². The van der Waals surface area contributed by atoms with Gasteiger partial charge in [0.05, 0.1) is 20.2 Å². The number of piperazine rings is 1. The maximum atomic E-state index is 13.5. The lowest BCUT2D eigenvalue weighted by Crippen LogP contribution is -2.74. The van der Waals surface area contributed by atoms with Crippen LogP contribution >= 0.6 is 0 Å². The molecule has 0 aromatic heterocycles. The van der Waals surface area contributed by atoms with Gasteiger partial charge in [0.1, 0.15) is 19.0 Å². The van der Waals surface area contributed by atoms with Gasteiger partial charge in [-0.25, -0.2) is 4.90 Å². The third-order valence-electron chi connectivity index (χ3n) is 8.80. The van der Waals surface area contributed by atoms with Gasteiger partial charge in [-0.15, -0.1) is 0 Å². The molecule has 6 rings (SSSR count). The number of hydrogen-bond acceptors (Lipinski definition) is 6. The number of benzene rings is 1. The summed E-state index contributed by atoms with van der Waals surface area (Å²) in [6.45, 7) is 10.3. The Balaban J connectivity index is 1.41. The summed E-state index contributed by atoms with van der Waals surface area (Å²) in [6, 6.07) is 6.39. The van der Waals surface area contributed by atoms with Crippen molar-refractivity contribution in [3.8, 4) is 5.75 Å². The van der Waals surface area contributed by atoms with Gasteiger partial charge in [-0.05, 0) is 50.6 Å². The Morgan fingerprint density at radius 2 is 1.79 bits per heavy atom. The lowest BCUT2D eigenvalue weighted by molar-refractivity contribution is -0.986. The van der Waals surface area contributed by atoms with E-state index in [0.29, 0.717) is 44.1 Å². The number of rotatable bonds is 7. The predicted octanol–water partition coefficient (Wildman–Crippen LogP) is 1.82. The first-order valence-corrected chi connectivity index (χ1v) is 12.6. The van der Waals surface area contributed by atoms with Crippen molar-refractivity contribution in [1.82, 2.24) is 14.7 Å². The van der Waals surface area contributed by atoms with E-state index >= 15 is 0 Å². The number of piperidine rings is 1. The Morgan fingerprint density at radius 3 is 2.44 bits per heavy atom. The topological polar surface area (TPSA) is 62.3 Å². The van der Waals surface area contributed by atoms with Crippen LogP contribution in [0.1, 0.15) is 44.2 Å². The van der Waals surface area contributed by atoms with Crippen LogP contribution in [0.4, 0.5) is 0 Å². The van der Waals surface area contributed by atoms with Gasteiger partial charge in [0.2, 0.25) is 11.7 Å². The molecule has 8 nitrogen and oxygen atoms in total. The summed E-state index contributed by atoms with van der Waals surface area (Å²) in [6.07, 6.45) is 3.82. The Hall–Kier alpha value is -2.00. The van der Waals surface area contributed by atoms with Crippen molar-refractivity contribution >= 4 is 11.7 Å². The standard InChI is InChI=1S/C26H39N4O4/c1-25-17-30(19-33-3)18-28(15-23(31)29(25)16-26(30,2)24(25)32)13-20-8-9-22(34-4)21(12-20)14-27-10-6-5-7-11-27/h8-9,12H,5-7,10-11,13-19H2,1-4H3/q+1. The second-order valence-corrected chi connectivity index (χ2v) is 11.2. The molecule has 1 amide bonds. The molecule has 34 heavy (non-hydrogen) atoms. The van der Waals surface area contributed by atoms with Crippen molar-refractivity contribution in [3.05, 3.63) is 29.3 Å². The molecule has 8 heteroatoms. The Bertz CT molecular complexity index is 980. The van der Waals surface area contributed by atoms with Gasteiger partial charge in [-0.1, -0.05) is 12.5 Å². The molecule has 5 aliphatic heterocycles. The Kier molecular flexibility index (Phi) is 5.99. The highest BCUT2D eigenvalue weighted by Crippen LogP contribution is 2.50. The van der Waals surface area contributed by atoms with Crippen LogP contribution in [0.15, 0.2) is 18.2 Å². The van der Waals surface area contributed by atoms with Gasteiger partial charge in [-0.2, -0.15) is 0 Å². The van der Waals surface area contributed by atoms with Gasteiger partial charge >= 0.3 is 0 Å². The van der Waals surface area contributed by atoms with Crippen molar-refractivity contribution in [1.29, 1.82) is 0 Å². The molecule has 0 saturated carbocycles.